The van der Waals surface area contributed by atoms with Gasteiger partial charge in [0.25, 0.3) is 11.8 Å². The maximum absolute atomic E-state index is 14.3. The molecule has 0 saturated carbocycles. The third-order valence-electron chi connectivity index (χ3n) is 5.34. The van der Waals surface area contributed by atoms with E-state index in [0.29, 0.717) is 16.1 Å². The van der Waals surface area contributed by atoms with Crippen molar-refractivity contribution in [2.75, 3.05) is 16.4 Å². The van der Waals surface area contributed by atoms with Crippen LogP contribution < -0.4 is 16.0 Å². The number of carbonyl (C=O) groups is 3. The fourth-order valence-electron chi connectivity index (χ4n) is 3.45. The van der Waals surface area contributed by atoms with Crippen LogP contribution in [0.25, 0.3) is 6.08 Å². The summed E-state index contributed by atoms with van der Waals surface area (Å²) in [5.41, 5.74) is 0.790. The molecule has 196 valence electrons. The van der Waals surface area contributed by atoms with Crippen LogP contribution in [0.4, 0.5) is 20.2 Å². The van der Waals surface area contributed by atoms with Crippen molar-refractivity contribution in [2.24, 2.45) is 0 Å². The summed E-state index contributed by atoms with van der Waals surface area (Å²) in [7, 11) is 0. The number of para-hydroxylation sites is 1. The van der Waals surface area contributed by atoms with Crippen molar-refractivity contribution >= 4 is 46.9 Å². The number of hydrogen-bond donors (Lipinski definition) is 3. The maximum Gasteiger partial charge on any atom is 0.272 e. The number of rotatable bonds is 9. The molecule has 9 heteroatoms. The van der Waals surface area contributed by atoms with Gasteiger partial charge in [-0.25, -0.2) is 8.78 Å². The molecule has 0 fully saturated rings. The zero-order valence-electron chi connectivity index (χ0n) is 20.5. The minimum atomic E-state index is -0.665. The summed E-state index contributed by atoms with van der Waals surface area (Å²) in [6, 6.07) is 26.8. The highest BCUT2D eigenvalue weighted by Crippen LogP contribution is 2.23. The van der Waals surface area contributed by atoms with Crippen LogP contribution in [0.3, 0.4) is 0 Å². The van der Waals surface area contributed by atoms with Crippen molar-refractivity contribution in [1.29, 1.82) is 0 Å². The van der Waals surface area contributed by atoms with Gasteiger partial charge in [0.1, 0.15) is 17.3 Å². The van der Waals surface area contributed by atoms with Crippen LogP contribution in [0.15, 0.2) is 114 Å². The summed E-state index contributed by atoms with van der Waals surface area (Å²) in [5.74, 6) is -2.65. The van der Waals surface area contributed by atoms with Gasteiger partial charge in [-0.1, -0.05) is 54.6 Å². The molecule has 39 heavy (non-hydrogen) atoms. The lowest BCUT2D eigenvalue weighted by Gasteiger charge is -2.12. The Morgan fingerprint density at radius 3 is 2.18 bits per heavy atom. The highest BCUT2D eigenvalue weighted by atomic mass is 32.2. The van der Waals surface area contributed by atoms with E-state index in [9.17, 15) is 23.2 Å². The molecule has 0 aliphatic carbocycles. The molecule has 3 amide bonds. The van der Waals surface area contributed by atoms with Crippen molar-refractivity contribution in [2.45, 2.75) is 4.90 Å². The van der Waals surface area contributed by atoms with E-state index in [1.165, 1.54) is 54.2 Å². The molecule has 0 saturated heterocycles. The quantitative estimate of drug-likeness (QED) is 0.176. The van der Waals surface area contributed by atoms with Gasteiger partial charge in [0.05, 0.1) is 11.4 Å². The molecule has 4 aromatic carbocycles. The smallest absolute Gasteiger partial charge is 0.272 e. The van der Waals surface area contributed by atoms with Gasteiger partial charge < -0.3 is 16.0 Å². The van der Waals surface area contributed by atoms with Crippen molar-refractivity contribution in [1.82, 2.24) is 5.32 Å². The fraction of sp³-hybridized carbons (Fsp3) is 0.0333. The van der Waals surface area contributed by atoms with Crippen molar-refractivity contribution in [3.63, 3.8) is 0 Å². The Bertz CT molecular complexity index is 1530. The fourth-order valence-corrected chi connectivity index (χ4v) is 4.20. The van der Waals surface area contributed by atoms with Gasteiger partial charge in [-0.2, -0.15) is 0 Å². The van der Waals surface area contributed by atoms with Crippen LogP contribution >= 0.6 is 11.8 Å². The number of carbonyl (C=O) groups excluding carboxylic acids is 3. The molecule has 0 aromatic heterocycles. The zero-order chi connectivity index (χ0) is 27.6. The second-order valence-corrected chi connectivity index (χ2v) is 9.25. The van der Waals surface area contributed by atoms with Crippen molar-refractivity contribution in [3.05, 3.63) is 132 Å². The zero-order valence-corrected chi connectivity index (χ0v) is 21.3. The SMILES string of the molecule is O=C(CSc1cccc(NC(=O)/C(=C/c2ccccc2F)NC(=O)c2ccccc2)c1)Nc1ccccc1F. The molecule has 0 spiro atoms. The Morgan fingerprint density at radius 2 is 1.44 bits per heavy atom. The van der Waals surface area contributed by atoms with Gasteiger partial charge in [-0.15, -0.1) is 11.8 Å². The molecule has 3 N–H and O–H groups in total. The lowest BCUT2D eigenvalue weighted by molar-refractivity contribution is -0.114. The van der Waals surface area contributed by atoms with E-state index in [1.54, 1.807) is 66.7 Å². The normalized spacial score (nSPS) is 11.0. The van der Waals surface area contributed by atoms with Gasteiger partial charge in [-0.3, -0.25) is 14.4 Å². The first-order valence-corrected chi connectivity index (χ1v) is 12.8. The van der Waals surface area contributed by atoms with Gasteiger partial charge in [0.2, 0.25) is 5.91 Å². The van der Waals surface area contributed by atoms with Crippen LogP contribution in [0.5, 0.6) is 0 Å². The average molecular weight is 544 g/mol. The summed E-state index contributed by atoms with van der Waals surface area (Å²) >= 11 is 1.20. The number of hydrogen-bond acceptors (Lipinski definition) is 4. The predicted molar refractivity (Wildman–Crippen MR) is 149 cm³/mol. The van der Waals surface area contributed by atoms with Gasteiger partial charge in [0.15, 0.2) is 0 Å². The van der Waals surface area contributed by atoms with Crippen molar-refractivity contribution in [3.8, 4) is 0 Å². The van der Waals surface area contributed by atoms with E-state index in [-0.39, 0.29) is 22.7 Å². The van der Waals surface area contributed by atoms with E-state index >= 15 is 0 Å². The summed E-state index contributed by atoms with van der Waals surface area (Å²) in [4.78, 5) is 38.9. The highest BCUT2D eigenvalue weighted by molar-refractivity contribution is 8.00. The monoisotopic (exact) mass is 543 g/mol. The van der Waals surface area contributed by atoms with Gasteiger partial charge >= 0.3 is 0 Å². The Morgan fingerprint density at radius 1 is 0.744 bits per heavy atom. The molecular formula is C30H23F2N3O3S. The van der Waals surface area contributed by atoms with Crippen molar-refractivity contribution < 1.29 is 23.2 Å². The van der Waals surface area contributed by atoms with E-state index in [0.717, 1.165) is 0 Å². The number of nitrogens with one attached hydrogen (secondary N) is 3. The number of thioether (sulfide) groups is 1. The molecule has 6 nitrogen and oxygen atoms in total. The topological polar surface area (TPSA) is 87.3 Å². The van der Waals surface area contributed by atoms with E-state index in [2.05, 4.69) is 16.0 Å². The Labute approximate surface area is 228 Å². The maximum atomic E-state index is 14.3. The highest BCUT2D eigenvalue weighted by Gasteiger charge is 2.16. The molecule has 0 aliphatic rings. The van der Waals surface area contributed by atoms with Crippen LogP contribution in [-0.2, 0) is 9.59 Å². The molecule has 0 aliphatic heterocycles. The molecule has 0 radical (unpaired) electrons. The third kappa shape index (κ3) is 7.86. The Balaban J connectivity index is 1.46. The standard InChI is InChI=1S/C30H23F2N3O3S/c31-24-14-5-4-11-21(24)17-27(35-29(37)20-9-2-1-3-10-20)30(38)33-22-12-8-13-23(18-22)39-19-28(36)34-26-16-7-6-15-25(26)32/h1-18H,19H2,(H,33,38)(H,34,36)(H,35,37)/b27-17-. The summed E-state index contributed by atoms with van der Waals surface area (Å²) in [6.07, 6.45) is 1.26. The number of halogens is 2. The number of anilines is 2. The molecule has 0 bridgehead atoms. The molecule has 0 heterocycles. The first-order valence-electron chi connectivity index (χ1n) is 11.8. The van der Waals surface area contributed by atoms with E-state index in [1.807, 2.05) is 0 Å². The molecular weight excluding hydrogens is 520 g/mol. The number of amides is 3. The van der Waals surface area contributed by atoms with Gasteiger partial charge in [0, 0.05) is 21.7 Å². The summed E-state index contributed by atoms with van der Waals surface area (Å²) in [6.45, 7) is 0. The van der Waals surface area contributed by atoms with Crippen LogP contribution in [0, 0.1) is 11.6 Å². The summed E-state index contributed by atoms with van der Waals surface area (Å²) in [5, 5.41) is 7.79. The van der Waals surface area contributed by atoms with E-state index < -0.39 is 29.4 Å². The average Bonchev–Trinajstić information content (AvgIpc) is 2.94. The number of benzene rings is 4. The molecule has 0 unspecified atom stereocenters. The molecule has 0 atom stereocenters. The van der Waals surface area contributed by atoms with Crippen LogP contribution in [0.2, 0.25) is 0 Å². The lowest BCUT2D eigenvalue weighted by atomic mass is 10.1. The third-order valence-corrected chi connectivity index (χ3v) is 6.34. The Kier molecular flexibility index (Phi) is 9.20. The summed E-state index contributed by atoms with van der Waals surface area (Å²) < 4.78 is 28.1. The van der Waals surface area contributed by atoms with Crippen LogP contribution in [-0.4, -0.2) is 23.5 Å². The van der Waals surface area contributed by atoms with E-state index in [4.69, 9.17) is 0 Å². The minimum absolute atomic E-state index is 0.0112. The Hall–Kier alpha value is -4.76. The largest absolute Gasteiger partial charge is 0.323 e. The second-order valence-electron chi connectivity index (χ2n) is 8.20. The second kappa shape index (κ2) is 13.2. The predicted octanol–water partition coefficient (Wildman–Crippen LogP) is 6.11. The van der Waals surface area contributed by atoms with Crippen LogP contribution in [0.1, 0.15) is 15.9 Å². The first kappa shape index (κ1) is 27.3. The molecule has 4 aromatic rings. The molecule has 4 rings (SSSR count). The first-order chi connectivity index (χ1) is 18.9. The van der Waals surface area contributed by atoms with Gasteiger partial charge in [-0.05, 0) is 54.6 Å². The minimum Gasteiger partial charge on any atom is -0.323 e. The lowest BCUT2D eigenvalue weighted by Crippen LogP contribution is -2.30.